The van der Waals surface area contributed by atoms with E-state index in [9.17, 15) is 19.7 Å². The van der Waals surface area contributed by atoms with E-state index in [1.807, 2.05) is 0 Å². The third kappa shape index (κ3) is 4.50. The first-order chi connectivity index (χ1) is 11.9. The summed E-state index contributed by atoms with van der Waals surface area (Å²) in [5.41, 5.74) is 0.267. The van der Waals surface area contributed by atoms with Crippen molar-refractivity contribution in [3.63, 3.8) is 0 Å². The predicted octanol–water partition coefficient (Wildman–Crippen LogP) is 2.18. The highest BCUT2D eigenvalue weighted by Crippen LogP contribution is 2.29. The summed E-state index contributed by atoms with van der Waals surface area (Å²) >= 11 is 0. The van der Waals surface area contributed by atoms with Crippen LogP contribution in [0.15, 0.2) is 42.7 Å². The number of pyridine rings is 1. The molecule has 0 aliphatic rings. The number of aromatic nitrogens is 1. The largest absolute Gasteiger partial charge is 0.494 e. The van der Waals surface area contributed by atoms with Crippen LogP contribution in [0, 0.1) is 10.1 Å². The zero-order chi connectivity index (χ0) is 18.4. The van der Waals surface area contributed by atoms with Crippen molar-refractivity contribution in [1.82, 2.24) is 4.98 Å². The van der Waals surface area contributed by atoms with Gasteiger partial charge in [0.2, 0.25) is 0 Å². The third-order valence-electron chi connectivity index (χ3n) is 3.20. The second-order valence-corrected chi connectivity index (χ2v) is 4.92. The predicted molar refractivity (Wildman–Crippen MR) is 87.4 cm³/mol. The summed E-state index contributed by atoms with van der Waals surface area (Å²) in [5.74, 6) is -1.18. The molecule has 0 fully saturated rings. The van der Waals surface area contributed by atoms with Gasteiger partial charge in [-0.25, -0.2) is 4.79 Å². The van der Waals surface area contributed by atoms with Gasteiger partial charge in [-0.3, -0.25) is 19.9 Å². The Morgan fingerprint density at radius 3 is 2.68 bits per heavy atom. The Morgan fingerprint density at radius 2 is 2.08 bits per heavy atom. The number of esters is 1. The molecule has 1 amide bonds. The Morgan fingerprint density at radius 1 is 1.32 bits per heavy atom. The Kier molecular flexibility index (Phi) is 5.62. The van der Waals surface area contributed by atoms with Crippen molar-refractivity contribution >= 4 is 23.3 Å². The number of nitrogens with one attached hydrogen (secondary N) is 1. The van der Waals surface area contributed by atoms with E-state index in [-0.39, 0.29) is 22.7 Å². The normalized spacial score (nSPS) is 11.3. The van der Waals surface area contributed by atoms with Crippen LogP contribution in [0.5, 0.6) is 5.75 Å². The number of rotatable bonds is 6. The number of hydrogen-bond acceptors (Lipinski definition) is 7. The van der Waals surface area contributed by atoms with Crippen molar-refractivity contribution in [3.8, 4) is 5.75 Å². The van der Waals surface area contributed by atoms with Crippen LogP contribution in [-0.2, 0) is 9.53 Å². The SMILES string of the molecule is COc1cc([N+](=O)[O-])ccc1NC(=O)[C@H](C)OC(=O)c1cccnc1. The van der Waals surface area contributed by atoms with E-state index in [0.29, 0.717) is 0 Å². The molecule has 1 aromatic heterocycles. The highest BCUT2D eigenvalue weighted by Gasteiger charge is 2.21. The van der Waals surface area contributed by atoms with Crippen LogP contribution in [0.1, 0.15) is 17.3 Å². The van der Waals surface area contributed by atoms with Gasteiger partial charge in [0.1, 0.15) is 5.75 Å². The van der Waals surface area contributed by atoms with Gasteiger partial charge in [-0.1, -0.05) is 0 Å². The molecule has 0 bridgehead atoms. The smallest absolute Gasteiger partial charge is 0.340 e. The maximum Gasteiger partial charge on any atom is 0.340 e. The van der Waals surface area contributed by atoms with E-state index >= 15 is 0 Å². The number of ether oxygens (including phenoxy) is 2. The van der Waals surface area contributed by atoms with Gasteiger partial charge in [0, 0.05) is 18.5 Å². The number of anilines is 1. The van der Waals surface area contributed by atoms with Crippen molar-refractivity contribution in [1.29, 1.82) is 0 Å². The fourth-order valence-corrected chi connectivity index (χ4v) is 1.90. The lowest BCUT2D eigenvalue weighted by atomic mass is 10.2. The van der Waals surface area contributed by atoms with Crippen molar-refractivity contribution in [2.45, 2.75) is 13.0 Å². The van der Waals surface area contributed by atoms with Crippen LogP contribution in [-0.4, -0.2) is 35.0 Å². The number of benzene rings is 1. The zero-order valence-corrected chi connectivity index (χ0v) is 13.5. The molecule has 0 saturated heterocycles. The number of nitrogens with zero attached hydrogens (tertiary/aromatic N) is 2. The average molecular weight is 345 g/mol. The first kappa shape index (κ1) is 17.9. The molecule has 0 saturated carbocycles. The quantitative estimate of drug-likeness (QED) is 0.484. The molecule has 130 valence electrons. The molecule has 0 aliphatic carbocycles. The van der Waals surface area contributed by atoms with E-state index in [2.05, 4.69) is 10.3 Å². The Balaban J connectivity index is 2.06. The monoisotopic (exact) mass is 345 g/mol. The number of carbonyl (C=O) groups excluding carboxylic acids is 2. The molecule has 0 radical (unpaired) electrons. The number of carbonyl (C=O) groups is 2. The van der Waals surface area contributed by atoms with Gasteiger partial charge in [-0.2, -0.15) is 0 Å². The highest BCUT2D eigenvalue weighted by molar-refractivity contribution is 5.98. The molecular formula is C16H15N3O6. The molecule has 0 aliphatic heterocycles. The molecule has 1 heterocycles. The summed E-state index contributed by atoms with van der Waals surface area (Å²) in [4.78, 5) is 38.1. The molecule has 9 heteroatoms. The molecule has 1 aromatic carbocycles. The summed E-state index contributed by atoms with van der Waals surface area (Å²) in [6.45, 7) is 1.40. The number of non-ortho nitro benzene ring substituents is 1. The summed E-state index contributed by atoms with van der Waals surface area (Å²) in [6, 6.07) is 6.83. The lowest BCUT2D eigenvalue weighted by molar-refractivity contribution is -0.384. The molecule has 0 unspecified atom stereocenters. The van der Waals surface area contributed by atoms with Crippen LogP contribution < -0.4 is 10.1 Å². The lowest BCUT2D eigenvalue weighted by Gasteiger charge is -2.15. The number of amides is 1. The van der Waals surface area contributed by atoms with Crippen LogP contribution in [0.3, 0.4) is 0 Å². The minimum absolute atomic E-state index is 0.119. The summed E-state index contributed by atoms with van der Waals surface area (Å²) in [5, 5.41) is 13.3. The van der Waals surface area contributed by atoms with Crippen LogP contribution >= 0.6 is 0 Å². The van der Waals surface area contributed by atoms with Crippen molar-refractivity contribution in [2.75, 3.05) is 12.4 Å². The first-order valence-electron chi connectivity index (χ1n) is 7.16. The minimum atomic E-state index is -1.09. The molecule has 9 nitrogen and oxygen atoms in total. The van der Waals surface area contributed by atoms with Gasteiger partial charge < -0.3 is 14.8 Å². The fraction of sp³-hybridized carbons (Fsp3) is 0.188. The minimum Gasteiger partial charge on any atom is -0.494 e. The average Bonchev–Trinajstić information content (AvgIpc) is 2.62. The topological polar surface area (TPSA) is 121 Å². The summed E-state index contributed by atoms with van der Waals surface area (Å²) in [7, 11) is 1.32. The van der Waals surface area contributed by atoms with Crippen LogP contribution in [0.25, 0.3) is 0 Å². The maximum absolute atomic E-state index is 12.2. The number of nitro benzene ring substituents is 1. The van der Waals surface area contributed by atoms with E-state index in [1.165, 1.54) is 50.7 Å². The third-order valence-corrected chi connectivity index (χ3v) is 3.20. The first-order valence-corrected chi connectivity index (χ1v) is 7.16. The maximum atomic E-state index is 12.2. The van der Waals surface area contributed by atoms with Gasteiger partial charge in [0.25, 0.3) is 11.6 Å². The van der Waals surface area contributed by atoms with Crippen LogP contribution in [0.4, 0.5) is 11.4 Å². The number of hydrogen-bond donors (Lipinski definition) is 1. The molecule has 0 spiro atoms. The van der Waals surface area contributed by atoms with E-state index in [0.717, 1.165) is 0 Å². The van der Waals surface area contributed by atoms with Gasteiger partial charge in [-0.05, 0) is 25.1 Å². The van der Waals surface area contributed by atoms with Gasteiger partial charge >= 0.3 is 5.97 Å². The van der Waals surface area contributed by atoms with Crippen LogP contribution in [0.2, 0.25) is 0 Å². The van der Waals surface area contributed by atoms with Gasteiger partial charge in [0.05, 0.1) is 29.4 Å². The standard InChI is InChI=1S/C16H15N3O6/c1-10(25-16(21)11-4-3-7-17-9-11)15(20)18-13-6-5-12(19(22)23)8-14(13)24-2/h3-10H,1-2H3,(H,18,20)/t10-/m0/s1. The Bertz CT molecular complexity index is 794. The van der Waals surface area contributed by atoms with Crippen molar-refractivity contribution < 1.29 is 24.0 Å². The van der Waals surface area contributed by atoms with Gasteiger partial charge in [0.15, 0.2) is 6.10 Å². The van der Waals surface area contributed by atoms with Gasteiger partial charge in [-0.15, -0.1) is 0 Å². The second kappa shape index (κ2) is 7.86. The number of methoxy groups -OCH3 is 1. The zero-order valence-electron chi connectivity index (χ0n) is 13.5. The summed E-state index contributed by atoms with van der Waals surface area (Å²) < 4.78 is 10.1. The molecule has 1 atom stereocenters. The van der Waals surface area contributed by atoms with Crippen molar-refractivity contribution in [2.24, 2.45) is 0 Å². The second-order valence-electron chi connectivity index (χ2n) is 4.92. The lowest BCUT2D eigenvalue weighted by Crippen LogP contribution is -2.30. The molecular weight excluding hydrogens is 330 g/mol. The highest BCUT2D eigenvalue weighted by atomic mass is 16.6. The molecule has 2 aromatic rings. The molecule has 2 rings (SSSR count). The Labute approximate surface area is 142 Å². The fourth-order valence-electron chi connectivity index (χ4n) is 1.90. The van der Waals surface area contributed by atoms with E-state index in [4.69, 9.17) is 9.47 Å². The van der Waals surface area contributed by atoms with Crippen molar-refractivity contribution in [3.05, 3.63) is 58.4 Å². The molecule has 25 heavy (non-hydrogen) atoms. The molecule has 1 N–H and O–H groups in total. The van der Waals surface area contributed by atoms with E-state index < -0.39 is 22.9 Å². The Hall–Kier alpha value is -3.49. The summed E-state index contributed by atoms with van der Waals surface area (Å²) in [6.07, 6.45) is 1.74. The van der Waals surface area contributed by atoms with E-state index in [1.54, 1.807) is 6.07 Å². The number of nitro groups is 1.